The van der Waals surface area contributed by atoms with E-state index in [1.54, 1.807) is 14.0 Å². The number of anilines is 1. The lowest BCUT2D eigenvalue weighted by Crippen LogP contribution is -2.28. The van der Waals surface area contributed by atoms with E-state index in [0.717, 1.165) is 11.3 Å². The minimum atomic E-state index is -0.605. The molecule has 106 valence electrons. The van der Waals surface area contributed by atoms with Gasteiger partial charge in [-0.15, -0.1) is 0 Å². The van der Waals surface area contributed by atoms with Gasteiger partial charge in [-0.3, -0.25) is 10.1 Å². The normalized spacial score (nSPS) is 11.9. The summed E-state index contributed by atoms with van der Waals surface area (Å²) in [5, 5.41) is 8.75. The van der Waals surface area contributed by atoms with Crippen molar-refractivity contribution in [1.82, 2.24) is 15.2 Å². The Kier molecular flexibility index (Phi) is 4.67. The van der Waals surface area contributed by atoms with E-state index < -0.39 is 6.10 Å². The highest BCUT2D eigenvalue weighted by atomic mass is 16.5. The highest BCUT2D eigenvalue weighted by Crippen LogP contribution is 2.14. The highest BCUT2D eigenvalue weighted by Gasteiger charge is 2.14. The second-order valence-electron chi connectivity index (χ2n) is 4.13. The van der Waals surface area contributed by atoms with Crippen molar-refractivity contribution in [2.45, 2.75) is 19.6 Å². The van der Waals surface area contributed by atoms with E-state index in [9.17, 15) is 4.79 Å². The summed E-state index contributed by atoms with van der Waals surface area (Å²) >= 11 is 0. The van der Waals surface area contributed by atoms with E-state index in [2.05, 4.69) is 20.5 Å². The monoisotopic (exact) mass is 276 g/mol. The maximum absolute atomic E-state index is 11.8. The van der Waals surface area contributed by atoms with Gasteiger partial charge in [-0.25, -0.2) is 5.10 Å². The topological polar surface area (TPSA) is 89.1 Å². The van der Waals surface area contributed by atoms with Crippen LogP contribution in [0.2, 0.25) is 0 Å². The van der Waals surface area contributed by atoms with Crippen molar-refractivity contribution < 1.29 is 14.3 Å². The number of nitrogens with zero attached hydrogens (tertiary/aromatic N) is 2. The van der Waals surface area contributed by atoms with Crippen molar-refractivity contribution in [3.8, 4) is 5.75 Å². The quantitative estimate of drug-likeness (QED) is 0.831. The van der Waals surface area contributed by atoms with Crippen LogP contribution >= 0.6 is 0 Å². The first-order valence-electron chi connectivity index (χ1n) is 6.10. The zero-order chi connectivity index (χ0) is 14.4. The molecule has 1 aromatic carbocycles. The van der Waals surface area contributed by atoms with Gasteiger partial charge in [0.05, 0.1) is 13.7 Å². The number of carbonyl (C=O) groups is 1. The molecule has 2 aromatic rings. The Hall–Kier alpha value is -2.41. The maximum atomic E-state index is 11.8. The summed E-state index contributed by atoms with van der Waals surface area (Å²) in [7, 11) is 1.60. The third-order valence-electron chi connectivity index (χ3n) is 2.66. The molecule has 1 aromatic heterocycles. The molecule has 0 aliphatic carbocycles. The number of nitrogens with one attached hydrogen (secondary N) is 2. The van der Waals surface area contributed by atoms with Crippen LogP contribution in [-0.2, 0) is 16.1 Å². The van der Waals surface area contributed by atoms with Gasteiger partial charge in [0.2, 0.25) is 5.95 Å². The molecule has 0 saturated heterocycles. The molecule has 2 rings (SSSR count). The molecule has 2 N–H and O–H groups in total. The fraction of sp³-hybridized carbons (Fsp3) is 0.308. The molecule has 0 fully saturated rings. The second kappa shape index (κ2) is 6.67. The van der Waals surface area contributed by atoms with Crippen molar-refractivity contribution >= 4 is 11.9 Å². The molecule has 0 spiro atoms. The van der Waals surface area contributed by atoms with Gasteiger partial charge in [-0.2, -0.15) is 10.1 Å². The predicted molar refractivity (Wildman–Crippen MR) is 72.3 cm³/mol. The summed E-state index contributed by atoms with van der Waals surface area (Å²) in [6.07, 6.45) is 0.712. The third kappa shape index (κ3) is 3.79. The second-order valence-corrected chi connectivity index (χ2v) is 4.13. The summed E-state index contributed by atoms with van der Waals surface area (Å²) in [5.41, 5.74) is 0.934. The van der Waals surface area contributed by atoms with Crippen LogP contribution in [0, 0.1) is 0 Å². The zero-order valence-electron chi connectivity index (χ0n) is 11.3. The van der Waals surface area contributed by atoms with Crippen LogP contribution in [-0.4, -0.2) is 34.3 Å². The number of H-pyrrole nitrogens is 1. The summed E-state index contributed by atoms with van der Waals surface area (Å²) in [4.78, 5) is 15.6. The first kappa shape index (κ1) is 14.0. The number of aromatic nitrogens is 3. The molecule has 0 bridgehead atoms. The Bertz CT molecular complexity index is 557. The SMILES string of the molecule is COc1cccc(COC(C)C(=O)Nc2ncn[nH]2)c1. The van der Waals surface area contributed by atoms with Crippen molar-refractivity contribution in [2.75, 3.05) is 12.4 Å². The lowest BCUT2D eigenvalue weighted by molar-refractivity contribution is -0.127. The Morgan fingerprint density at radius 2 is 2.35 bits per heavy atom. The van der Waals surface area contributed by atoms with Crippen LogP contribution in [0.5, 0.6) is 5.75 Å². The summed E-state index contributed by atoms with van der Waals surface area (Å²) < 4.78 is 10.6. The molecule has 1 unspecified atom stereocenters. The van der Waals surface area contributed by atoms with Gasteiger partial charge in [0, 0.05) is 0 Å². The Morgan fingerprint density at radius 3 is 3.05 bits per heavy atom. The number of benzene rings is 1. The third-order valence-corrected chi connectivity index (χ3v) is 2.66. The summed E-state index contributed by atoms with van der Waals surface area (Å²) in [6.45, 7) is 1.99. The van der Waals surface area contributed by atoms with Crippen LogP contribution in [0.1, 0.15) is 12.5 Å². The van der Waals surface area contributed by atoms with E-state index in [4.69, 9.17) is 9.47 Å². The lowest BCUT2D eigenvalue weighted by atomic mass is 10.2. The standard InChI is InChI=1S/C13H16N4O3/c1-9(12(18)16-13-14-8-15-17-13)20-7-10-4-3-5-11(6-10)19-2/h3-6,8-9H,7H2,1-2H3,(H2,14,15,16,17,18). The number of ether oxygens (including phenoxy) is 2. The average Bonchev–Trinajstić information content (AvgIpc) is 2.97. The largest absolute Gasteiger partial charge is 0.497 e. The van der Waals surface area contributed by atoms with Crippen LogP contribution in [0.4, 0.5) is 5.95 Å². The van der Waals surface area contributed by atoms with E-state index >= 15 is 0 Å². The van der Waals surface area contributed by atoms with Crippen molar-refractivity contribution in [3.05, 3.63) is 36.2 Å². The fourth-order valence-corrected chi connectivity index (χ4v) is 1.54. The van der Waals surface area contributed by atoms with Gasteiger partial charge in [0.25, 0.3) is 5.91 Å². The van der Waals surface area contributed by atoms with E-state index in [1.807, 2.05) is 24.3 Å². The Morgan fingerprint density at radius 1 is 1.50 bits per heavy atom. The number of hydrogen-bond acceptors (Lipinski definition) is 5. The van der Waals surface area contributed by atoms with Gasteiger partial charge in [-0.1, -0.05) is 12.1 Å². The van der Waals surface area contributed by atoms with E-state index in [0.29, 0.717) is 12.6 Å². The number of hydrogen-bond donors (Lipinski definition) is 2. The first-order valence-corrected chi connectivity index (χ1v) is 6.10. The number of methoxy groups -OCH3 is 1. The maximum Gasteiger partial charge on any atom is 0.255 e. The smallest absolute Gasteiger partial charge is 0.255 e. The number of rotatable bonds is 6. The lowest BCUT2D eigenvalue weighted by Gasteiger charge is -2.12. The highest BCUT2D eigenvalue weighted by molar-refractivity contribution is 5.92. The van der Waals surface area contributed by atoms with Crippen molar-refractivity contribution in [1.29, 1.82) is 0 Å². The fourth-order valence-electron chi connectivity index (χ4n) is 1.54. The molecular formula is C13H16N4O3. The molecule has 20 heavy (non-hydrogen) atoms. The van der Waals surface area contributed by atoms with Crippen LogP contribution in [0.25, 0.3) is 0 Å². The zero-order valence-corrected chi connectivity index (χ0v) is 11.3. The van der Waals surface area contributed by atoms with E-state index in [-0.39, 0.29) is 5.91 Å². The van der Waals surface area contributed by atoms with Gasteiger partial charge in [0.1, 0.15) is 18.2 Å². The summed E-state index contributed by atoms with van der Waals surface area (Å²) in [6, 6.07) is 7.49. The van der Waals surface area contributed by atoms with Gasteiger partial charge in [0.15, 0.2) is 0 Å². The molecule has 7 nitrogen and oxygen atoms in total. The molecular weight excluding hydrogens is 260 g/mol. The summed E-state index contributed by atoms with van der Waals surface area (Å²) in [5.74, 6) is 0.765. The van der Waals surface area contributed by atoms with Crippen molar-refractivity contribution in [3.63, 3.8) is 0 Å². The molecule has 0 aliphatic heterocycles. The minimum Gasteiger partial charge on any atom is -0.497 e. The average molecular weight is 276 g/mol. The molecule has 1 atom stereocenters. The van der Waals surface area contributed by atoms with E-state index in [1.165, 1.54) is 6.33 Å². The number of carbonyl (C=O) groups excluding carboxylic acids is 1. The Labute approximate surface area is 116 Å². The molecule has 0 aliphatic rings. The van der Waals surface area contributed by atoms with Gasteiger partial charge < -0.3 is 9.47 Å². The number of amides is 1. The molecule has 0 radical (unpaired) electrons. The van der Waals surface area contributed by atoms with Gasteiger partial charge in [-0.05, 0) is 24.6 Å². The van der Waals surface area contributed by atoms with Gasteiger partial charge >= 0.3 is 0 Å². The predicted octanol–water partition coefficient (Wildman–Crippen LogP) is 1.36. The first-order chi connectivity index (χ1) is 9.69. The molecule has 1 amide bonds. The van der Waals surface area contributed by atoms with Crippen LogP contribution in [0.3, 0.4) is 0 Å². The van der Waals surface area contributed by atoms with Crippen molar-refractivity contribution in [2.24, 2.45) is 0 Å². The number of aromatic amines is 1. The molecule has 0 saturated carbocycles. The molecule has 1 heterocycles. The van der Waals surface area contributed by atoms with Crippen LogP contribution < -0.4 is 10.1 Å². The Balaban J connectivity index is 1.84. The molecule has 7 heteroatoms. The minimum absolute atomic E-state index is 0.287. The van der Waals surface area contributed by atoms with Crippen LogP contribution in [0.15, 0.2) is 30.6 Å².